The first-order valence-electron chi connectivity index (χ1n) is 9.95. The standard InChI is InChI=1S/C21H24FN5O3/c1-3-12-8-13(22)9-17-14(12)10-18(23-17)20(29)27-5-4-16-15(11-27)19(25-24-16)21(30)26(2)6-7-28/h8-10,23,28H,3-7,11H2,1-2H3,(H,24,25). The molecule has 158 valence electrons. The molecule has 30 heavy (non-hydrogen) atoms. The van der Waals surface area contributed by atoms with Gasteiger partial charge < -0.3 is 19.9 Å². The zero-order chi connectivity index (χ0) is 21.4. The van der Waals surface area contributed by atoms with E-state index in [0.717, 1.165) is 16.6 Å². The Bertz CT molecular complexity index is 1120. The third-order valence-electron chi connectivity index (χ3n) is 5.61. The van der Waals surface area contributed by atoms with Crippen molar-refractivity contribution in [3.05, 3.63) is 52.2 Å². The molecule has 3 heterocycles. The van der Waals surface area contributed by atoms with Crippen LogP contribution in [-0.2, 0) is 19.4 Å². The summed E-state index contributed by atoms with van der Waals surface area (Å²) in [7, 11) is 1.60. The van der Waals surface area contributed by atoms with Crippen molar-refractivity contribution in [2.45, 2.75) is 26.3 Å². The minimum atomic E-state index is -0.337. The van der Waals surface area contributed by atoms with E-state index in [2.05, 4.69) is 15.2 Å². The Labute approximate surface area is 172 Å². The van der Waals surface area contributed by atoms with Crippen molar-refractivity contribution < 1.29 is 19.1 Å². The van der Waals surface area contributed by atoms with E-state index in [1.165, 1.54) is 17.0 Å². The minimum Gasteiger partial charge on any atom is -0.395 e. The second-order valence-electron chi connectivity index (χ2n) is 7.52. The van der Waals surface area contributed by atoms with Crippen LogP contribution in [0.5, 0.6) is 0 Å². The molecule has 2 amide bonds. The molecule has 0 radical (unpaired) electrons. The molecule has 0 spiro atoms. The lowest BCUT2D eigenvalue weighted by Gasteiger charge is -2.27. The molecule has 9 heteroatoms. The van der Waals surface area contributed by atoms with Gasteiger partial charge in [0.1, 0.15) is 11.5 Å². The lowest BCUT2D eigenvalue weighted by Crippen LogP contribution is -2.37. The third kappa shape index (κ3) is 3.45. The van der Waals surface area contributed by atoms with Crippen LogP contribution in [0, 0.1) is 5.82 Å². The van der Waals surface area contributed by atoms with Crippen LogP contribution in [0.2, 0.25) is 0 Å². The van der Waals surface area contributed by atoms with Crippen molar-refractivity contribution >= 4 is 22.7 Å². The van der Waals surface area contributed by atoms with Gasteiger partial charge in [0.25, 0.3) is 11.8 Å². The Morgan fingerprint density at radius 1 is 1.33 bits per heavy atom. The number of aliphatic hydroxyl groups excluding tert-OH is 1. The second-order valence-corrected chi connectivity index (χ2v) is 7.52. The topological polar surface area (TPSA) is 105 Å². The Balaban J connectivity index is 1.61. The Morgan fingerprint density at radius 2 is 2.13 bits per heavy atom. The number of carbonyl (C=O) groups is 2. The lowest BCUT2D eigenvalue weighted by molar-refractivity contribution is 0.0714. The number of fused-ring (bicyclic) bond motifs is 2. The van der Waals surface area contributed by atoms with Crippen molar-refractivity contribution in [1.82, 2.24) is 25.0 Å². The van der Waals surface area contributed by atoms with Gasteiger partial charge in [0.05, 0.1) is 13.2 Å². The predicted octanol–water partition coefficient (Wildman–Crippen LogP) is 1.86. The maximum Gasteiger partial charge on any atom is 0.274 e. The highest BCUT2D eigenvalue weighted by Gasteiger charge is 2.30. The third-order valence-corrected chi connectivity index (χ3v) is 5.61. The average molecular weight is 413 g/mol. The van der Waals surface area contributed by atoms with Gasteiger partial charge in [-0.1, -0.05) is 6.92 Å². The Hall–Kier alpha value is -3.20. The summed E-state index contributed by atoms with van der Waals surface area (Å²) in [5.41, 5.74) is 3.63. The number of amides is 2. The van der Waals surface area contributed by atoms with Crippen molar-refractivity contribution in [3.8, 4) is 0 Å². The quantitative estimate of drug-likeness (QED) is 0.594. The van der Waals surface area contributed by atoms with E-state index in [0.29, 0.717) is 36.2 Å². The van der Waals surface area contributed by atoms with Crippen LogP contribution in [0.1, 0.15) is 44.7 Å². The van der Waals surface area contributed by atoms with Crippen LogP contribution >= 0.6 is 0 Å². The van der Waals surface area contributed by atoms with Gasteiger partial charge >= 0.3 is 0 Å². The number of halogens is 1. The summed E-state index contributed by atoms with van der Waals surface area (Å²) in [5, 5.41) is 17.0. The van der Waals surface area contributed by atoms with Gasteiger partial charge in [-0.2, -0.15) is 5.10 Å². The molecule has 0 aliphatic carbocycles. The van der Waals surface area contributed by atoms with E-state index in [4.69, 9.17) is 5.11 Å². The van der Waals surface area contributed by atoms with Gasteiger partial charge in [0.2, 0.25) is 0 Å². The summed E-state index contributed by atoms with van der Waals surface area (Å²) in [6.07, 6.45) is 1.22. The predicted molar refractivity (Wildman–Crippen MR) is 109 cm³/mol. The molecule has 1 aromatic carbocycles. The molecular weight excluding hydrogens is 389 g/mol. The summed E-state index contributed by atoms with van der Waals surface area (Å²) in [6.45, 7) is 2.75. The number of likely N-dealkylation sites (N-methyl/N-ethyl adjacent to an activating group) is 1. The van der Waals surface area contributed by atoms with Crippen molar-refractivity contribution in [2.24, 2.45) is 0 Å². The van der Waals surface area contributed by atoms with Gasteiger partial charge in [0, 0.05) is 48.7 Å². The molecule has 0 unspecified atom stereocenters. The molecule has 1 aliphatic heterocycles. The minimum absolute atomic E-state index is 0.139. The molecular formula is C21H24FN5O3. The molecule has 4 rings (SSSR count). The summed E-state index contributed by atoms with van der Waals surface area (Å²) in [6, 6.07) is 4.65. The van der Waals surface area contributed by atoms with Crippen molar-refractivity contribution in [1.29, 1.82) is 0 Å². The van der Waals surface area contributed by atoms with Crippen LogP contribution in [0.3, 0.4) is 0 Å². The smallest absolute Gasteiger partial charge is 0.274 e. The van der Waals surface area contributed by atoms with Gasteiger partial charge in [-0.3, -0.25) is 14.7 Å². The Morgan fingerprint density at radius 3 is 2.87 bits per heavy atom. The zero-order valence-corrected chi connectivity index (χ0v) is 17.0. The fourth-order valence-electron chi connectivity index (χ4n) is 3.93. The van der Waals surface area contributed by atoms with Crippen LogP contribution in [0.4, 0.5) is 4.39 Å². The number of hydrogen-bond donors (Lipinski definition) is 3. The molecule has 0 saturated carbocycles. The number of benzene rings is 1. The van der Waals surface area contributed by atoms with E-state index < -0.39 is 0 Å². The van der Waals surface area contributed by atoms with Gasteiger partial charge in [-0.05, 0) is 30.2 Å². The lowest BCUT2D eigenvalue weighted by atomic mass is 10.0. The zero-order valence-electron chi connectivity index (χ0n) is 17.0. The molecule has 1 aliphatic rings. The summed E-state index contributed by atoms with van der Waals surface area (Å²) >= 11 is 0. The first-order valence-corrected chi connectivity index (χ1v) is 9.95. The van der Waals surface area contributed by atoms with E-state index in [9.17, 15) is 14.0 Å². The molecule has 0 bridgehead atoms. The van der Waals surface area contributed by atoms with E-state index >= 15 is 0 Å². The van der Waals surface area contributed by atoms with Crippen molar-refractivity contribution in [2.75, 3.05) is 26.7 Å². The maximum absolute atomic E-state index is 13.8. The number of H-pyrrole nitrogens is 2. The first kappa shape index (κ1) is 20.1. The van der Waals surface area contributed by atoms with Crippen LogP contribution < -0.4 is 0 Å². The molecule has 2 aromatic heterocycles. The van der Waals surface area contributed by atoms with Gasteiger partial charge in [-0.25, -0.2) is 4.39 Å². The summed E-state index contributed by atoms with van der Waals surface area (Å²) < 4.78 is 13.8. The van der Waals surface area contributed by atoms with E-state index in [1.807, 2.05) is 6.92 Å². The fraction of sp³-hybridized carbons (Fsp3) is 0.381. The largest absolute Gasteiger partial charge is 0.395 e. The molecule has 3 N–H and O–H groups in total. The number of nitrogens with zero attached hydrogens (tertiary/aromatic N) is 3. The summed E-state index contributed by atoms with van der Waals surface area (Å²) in [5.74, 6) is -0.844. The molecule has 0 saturated heterocycles. The van der Waals surface area contributed by atoms with Crippen LogP contribution in [-0.4, -0.2) is 68.6 Å². The van der Waals surface area contributed by atoms with Crippen LogP contribution in [0.15, 0.2) is 18.2 Å². The maximum atomic E-state index is 13.8. The van der Waals surface area contributed by atoms with E-state index in [-0.39, 0.29) is 43.0 Å². The second kappa shape index (κ2) is 7.91. The Kier molecular flexibility index (Phi) is 5.29. The number of aromatic amines is 2. The first-order chi connectivity index (χ1) is 14.4. The van der Waals surface area contributed by atoms with Crippen molar-refractivity contribution in [3.63, 3.8) is 0 Å². The average Bonchev–Trinajstić information content (AvgIpc) is 3.35. The number of hydrogen-bond acceptors (Lipinski definition) is 4. The van der Waals surface area contributed by atoms with E-state index in [1.54, 1.807) is 18.0 Å². The van der Waals surface area contributed by atoms with Crippen LogP contribution in [0.25, 0.3) is 10.9 Å². The molecule has 0 atom stereocenters. The monoisotopic (exact) mass is 413 g/mol. The number of rotatable bonds is 5. The normalized spacial score (nSPS) is 13.5. The highest BCUT2D eigenvalue weighted by atomic mass is 19.1. The number of nitrogens with one attached hydrogen (secondary N) is 2. The SMILES string of the molecule is CCc1cc(F)cc2[nH]c(C(=O)N3CCc4[nH]nc(C(=O)N(C)CCO)c4C3)cc12. The number of aliphatic hydroxyl groups is 1. The van der Waals surface area contributed by atoms with Gasteiger partial charge in [0.15, 0.2) is 5.69 Å². The number of aromatic nitrogens is 3. The number of carbonyl (C=O) groups excluding carboxylic acids is 2. The summed E-state index contributed by atoms with van der Waals surface area (Å²) in [4.78, 5) is 31.9. The van der Waals surface area contributed by atoms with Gasteiger partial charge in [-0.15, -0.1) is 0 Å². The fourth-order valence-corrected chi connectivity index (χ4v) is 3.93. The highest BCUT2D eigenvalue weighted by molar-refractivity contribution is 5.99. The molecule has 8 nitrogen and oxygen atoms in total. The molecule has 3 aromatic rings. The highest BCUT2D eigenvalue weighted by Crippen LogP contribution is 2.26. The number of aryl methyl sites for hydroxylation is 1. The molecule has 0 fully saturated rings.